The number of hydrogen-bond acceptors (Lipinski definition) is 4. The average Bonchev–Trinajstić information content (AvgIpc) is 3.29. The minimum atomic E-state index is 0.257. The minimum Gasteiger partial charge on any atom is -0.356 e. The number of carbonyl (C=O) groups excluding carboxylic acids is 1. The summed E-state index contributed by atoms with van der Waals surface area (Å²) in [6.45, 7) is 3.95. The van der Waals surface area contributed by atoms with E-state index in [2.05, 4.69) is 40.6 Å². The highest BCUT2D eigenvalue weighted by Gasteiger charge is 2.58. The molecule has 1 unspecified atom stereocenters. The number of nitrogens with one attached hydrogen (secondary N) is 1. The topological polar surface area (TPSA) is 45.2 Å². The van der Waals surface area contributed by atoms with Gasteiger partial charge in [0, 0.05) is 12.5 Å². The Bertz CT molecular complexity index is 877. The van der Waals surface area contributed by atoms with Crippen molar-refractivity contribution in [3.63, 3.8) is 0 Å². The van der Waals surface area contributed by atoms with Crippen LogP contribution in [0.3, 0.4) is 0 Å². The van der Waals surface area contributed by atoms with E-state index in [0.717, 1.165) is 57.4 Å². The third-order valence-electron chi connectivity index (χ3n) is 7.19. The smallest absolute Gasteiger partial charge is 0.223 e. The Morgan fingerprint density at radius 2 is 2.10 bits per heavy atom. The molecule has 3 aliphatic rings. The number of aromatic nitrogens is 1. The van der Waals surface area contributed by atoms with E-state index in [4.69, 9.17) is 4.98 Å². The molecule has 0 bridgehead atoms. The zero-order valence-corrected chi connectivity index (χ0v) is 18.0. The maximum absolute atomic E-state index is 12.6. The molecule has 2 aliphatic carbocycles. The summed E-state index contributed by atoms with van der Waals surface area (Å²) in [4.78, 5) is 19.9. The van der Waals surface area contributed by atoms with Crippen molar-refractivity contribution in [1.29, 1.82) is 0 Å². The Morgan fingerprint density at radius 3 is 2.90 bits per heavy atom. The lowest BCUT2D eigenvalue weighted by Crippen LogP contribution is -2.37. The van der Waals surface area contributed by atoms with Crippen LogP contribution in [-0.4, -0.2) is 35.4 Å². The second-order valence-corrected chi connectivity index (χ2v) is 10.2. The van der Waals surface area contributed by atoms with Gasteiger partial charge in [0.1, 0.15) is 5.01 Å². The van der Waals surface area contributed by atoms with Gasteiger partial charge in [-0.3, -0.25) is 9.69 Å². The van der Waals surface area contributed by atoms with Gasteiger partial charge in [-0.1, -0.05) is 23.8 Å². The lowest BCUT2D eigenvalue weighted by Gasteiger charge is -2.32. The van der Waals surface area contributed by atoms with Gasteiger partial charge >= 0.3 is 0 Å². The third-order valence-corrected chi connectivity index (χ3v) is 8.21. The van der Waals surface area contributed by atoms with Gasteiger partial charge < -0.3 is 5.32 Å². The summed E-state index contributed by atoms with van der Waals surface area (Å²) < 4.78 is 1.28. The molecule has 1 aromatic heterocycles. The fourth-order valence-corrected chi connectivity index (χ4v) is 6.22. The molecule has 1 amide bonds. The number of hydrogen-bond donors (Lipinski definition) is 1. The first-order chi connectivity index (χ1) is 14.2. The Labute approximate surface area is 177 Å². The first-order valence-corrected chi connectivity index (χ1v) is 12.1. The van der Waals surface area contributed by atoms with Crippen molar-refractivity contribution < 1.29 is 4.79 Å². The maximum Gasteiger partial charge on any atom is 0.223 e. The van der Waals surface area contributed by atoms with Crippen LogP contribution in [0.1, 0.15) is 56.4 Å². The van der Waals surface area contributed by atoms with Crippen LogP contribution in [0.4, 0.5) is 0 Å². The SMILES string of the molecule is O=C(NCCC1=CCCCC1)C1CC12CCN(Cc1nc3ccccc3s1)CC2. The number of carbonyl (C=O) groups is 1. The molecule has 29 heavy (non-hydrogen) atoms. The van der Waals surface area contributed by atoms with Gasteiger partial charge in [-0.2, -0.15) is 0 Å². The van der Waals surface area contributed by atoms with Crippen molar-refractivity contribution in [3.8, 4) is 0 Å². The first kappa shape index (κ1) is 19.3. The van der Waals surface area contributed by atoms with Crippen molar-refractivity contribution in [1.82, 2.24) is 15.2 Å². The number of allylic oxidation sites excluding steroid dienone is 1. The van der Waals surface area contributed by atoms with E-state index < -0.39 is 0 Å². The lowest BCUT2D eigenvalue weighted by molar-refractivity contribution is -0.123. The Hall–Kier alpha value is -1.72. The number of amides is 1. The molecule has 1 aliphatic heterocycles. The fourth-order valence-electron chi connectivity index (χ4n) is 5.21. The fraction of sp³-hybridized carbons (Fsp3) is 0.583. The van der Waals surface area contributed by atoms with Crippen LogP contribution in [0.15, 0.2) is 35.9 Å². The summed E-state index contributed by atoms with van der Waals surface area (Å²) in [7, 11) is 0. The molecule has 1 N–H and O–H groups in total. The molecule has 0 radical (unpaired) electrons. The van der Waals surface area contributed by atoms with E-state index in [0.29, 0.717) is 5.91 Å². The highest BCUT2D eigenvalue weighted by molar-refractivity contribution is 7.18. The van der Waals surface area contributed by atoms with Crippen LogP contribution in [-0.2, 0) is 11.3 Å². The number of rotatable bonds is 6. The van der Waals surface area contributed by atoms with Gasteiger partial charge in [0.05, 0.1) is 16.8 Å². The molecular weight excluding hydrogens is 378 g/mol. The van der Waals surface area contributed by atoms with Crippen molar-refractivity contribution in [2.24, 2.45) is 11.3 Å². The van der Waals surface area contributed by atoms with Gasteiger partial charge in [0.25, 0.3) is 0 Å². The Kier molecular flexibility index (Phi) is 5.44. The quantitative estimate of drug-likeness (QED) is 0.690. The van der Waals surface area contributed by atoms with Gasteiger partial charge in [-0.15, -0.1) is 11.3 Å². The molecule has 5 rings (SSSR count). The molecule has 1 aromatic carbocycles. The summed E-state index contributed by atoms with van der Waals surface area (Å²) in [5.41, 5.74) is 2.95. The predicted molar refractivity (Wildman–Crippen MR) is 119 cm³/mol. The number of para-hydroxylation sites is 1. The summed E-state index contributed by atoms with van der Waals surface area (Å²) in [6.07, 6.45) is 11.9. The summed E-state index contributed by atoms with van der Waals surface area (Å²) in [5.74, 6) is 0.563. The number of likely N-dealkylation sites (tertiary alicyclic amines) is 1. The van der Waals surface area contributed by atoms with Crippen molar-refractivity contribution in [2.45, 2.75) is 57.9 Å². The minimum absolute atomic E-state index is 0.257. The van der Waals surface area contributed by atoms with Crippen LogP contribution in [0, 0.1) is 11.3 Å². The number of benzene rings is 1. The van der Waals surface area contributed by atoms with Gasteiger partial charge in [0.15, 0.2) is 0 Å². The Morgan fingerprint density at radius 1 is 1.24 bits per heavy atom. The van der Waals surface area contributed by atoms with E-state index in [1.807, 2.05) is 11.3 Å². The Balaban J connectivity index is 1.07. The van der Waals surface area contributed by atoms with Crippen LogP contribution >= 0.6 is 11.3 Å². The van der Waals surface area contributed by atoms with Crippen LogP contribution in [0.25, 0.3) is 10.2 Å². The largest absolute Gasteiger partial charge is 0.356 e. The third kappa shape index (κ3) is 4.26. The monoisotopic (exact) mass is 409 g/mol. The highest BCUT2D eigenvalue weighted by Crippen LogP contribution is 2.59. The molecule has 4 nitrogen and oxygen atoms in total. The first-order valence-electron chi connectivity index (χ1n) is 11.2. The van der Waals surface area contributed by atoms with Gasteiger partial charge in [-0.25, -0.2) is 4.98 Å². The number of thiazole rings is 1. The summed E-state index contributed by atoms with van der Waals surface area (Å²) >= 11 is 1.81. The second-order valence-electron chi connectivity index (χ2n) is 9.12. The molecule has 154 valence electrons. The molecule has 1 saturated heterocycles. The zero-order chi connectivity index (χ0) is 19.7. The molecule has 2 fully saturated rings. The predicted octanol–water partition coefficient (Wildman–Crippen LogP) is 4.91. The number of nitrogens with zero attached hydrogens (tertiary/aromatic N) is 2. The van der Waals surface area contributed by atoms with E-state index >= 15 is 0 Å². The normalized spacial score (nSPS) is 23.9. The van der Waals surface area contributed by atoms with E-state index in [-0.39, 0.29) is 11.3 Å². The van der Waals surface area contributed by atoms with Crippen molar-refractivity contribution in [2.75, 3.05) is 19.6 Å². The summed E-state index contributed by atoms with van der Waals surface area (Å²) in [6, 6.07) is 8.39. The van der Waals surface area contributed by atoms with Crippen LogP contribution < -0.4 is 5.32 Å². The number of fused-ring (bicyclic) bond motifs is 1. The zero-order valence-electron chi connectivity index (χ0n) is 17.2. The van der Waals surface area contributed by atoms with Crippen molar-refractivity contribution in [3.05, 3.63) is 40.9 Å². The van der Waals surface area contributed by atoms with Gasteiger partial charge in [0.2, 0.25) is 5.91 Å². The van der Waals surface area contributed by atoms with E-state index in [1.165, 1.54) is 35.4 Å². The van der Waals surface area contributed by atoms with Crippen LogP contribution in [0.5, 0.6) is 0 Å². The standard InChI is InChI=1S/C24H31N3OS/c28-23(25-13-10-18-6-2-1-3-7-18)19-16-24(19)11-14-27(15-12-24)17-22-26-20-8-4-5-9-21(20)29-22/h4-6,8-9,19H,1-3,7,10-17H2,(H,25,28). The van der Waals surface area contributed by atoms with Crippen molar-refractivity contribution >= 4 is 27.5 Å². The van der Waals surface area contributed by atoms with E-state index in [1.54, 1.807) is 5.57 Å². The molecule has 1 atom stereocenters. The van der Waals surface area contributed by atoms with E-state index in [9.17, 15) is 4.79 Å². The number of piperidine rings is 1. The molecular formula is C24H31N3OS. The molecule has 1 saturated carbocycles. The molecule has 2 aromatic rings. The maximum atomic E-state index is 12.6. The molecule has 1 spiro atoms. The molecule has 2 heterocycles. The van der Waals surface area contributed by atoms with Gasteiger partial charge in [-0.05, 0) is 82.0 Å². The molecule has 5 heteroatoms. The lowest BCUT2D eigenvalue weighted by atomic mass is 9.90. The average molecular weight is 410 g/mol. The highest BCUT2D eigenvalue weighted by atomic mass is 32.1. The second kappa shape index (κ2) is 8.19. The summed E-state index contributed by atoms with van der Waals surface area (Å²) in [5, 5.41) is 4.44. The van der Waals surface area contributed by atoms with Crippen LogP contribution in [0.2, 0.25) is 0 Å².